The summed E-state index contributed by atoms with van der Waals surface area (Å²) >= 11 is 0. The van der Waals surface area contributed by atoms with Gasteiger partial charge in [-0.3, -0.25) is 9.78 Å². The van der Waals surface area contributed by atoms with E-state index in [1.54, 1.807) is 43.2 Å². The fraction of sp³-hybridized carbons (Fsp3) is 0.0588. The molecule has 5 nitrogen and oxygen atoms in total. The Hall–Kier alpha value is -3.08. The molecule has 0 aromatic carbocycles. The molecule has 0 unspecified atom stereocenters. The first-order valence-electron chi connectivity index (χ1n) is 6.78. The fourth-order valence-electron chi connectivity index (χ4n) is 1.90. The van der Waals surface area contributed by atoms with Gasteiger partial charge in [0.15, 0.2) is 0 Å². The van der Waals surface area contributed by atoms with Crippen molar-refractivity contribution in [3.05, 3.63) is 72.7 Å². The van der Waals surface area contributed by atoms with Crippen molar-refractivity contribution >= 4 is 12.0 Å². The number of carbonyl (C=O) groups is 1. The van der Waals surface area contributed by atoms with E-state index in [4.69, 9.17) is 8.83 Å². The minimum atomic E-state index is -0.185. The largest absolute Gasteiger partial charge is 0.472 e. The van der Waals surface area contributed by atoms with Crippen LogP contribution in [0.4, 0.5) is 0 Å². The number of furan rings is 2. The number of pyridine rings is 1. The van der Waals surface area contributed by atoms with Crippen molar-refractivity contribution in [2.45, 2.75) is 6.54 Å². The standard InChI is InChI=1S/C17H14N2O3/c20-17(6-4-15-2-1-8-22-15)19-11-13-3-5-16(18-10-13)14-7-9-21-12-14/h1-10,12H,11H2,(H,19,20)/b6-4+. The Morgan fingerprint density at radius 3 is 2.86 bits per heavy atom. The van der Waals surface area contributed by atoms with Crippen molar-refractivity contribution in [1.29, 1.82) is 0 Å². The van der Waals surface area contributed by atoms with Gasteiger partial charge in [0, 0.05) is 24.4 Å². The van der Waals surface area contributed by atoms with Crippen LogP contribution < -0.4 is 5.32 Å². The van der Waals surface area contributed by atoms with Gasteiger partial charge in [-0.15, -0.1) is 0 Å². The second kappa shape index (κ2) is 6.58. The number of amides is 1. The number of nitrogens with one attached hydrogen (secondary N) is 1. The molecule has 0 bridgehead atoms. The van der Waals surface area contributed by atoms with Crippen LogP contribution in [0.25, 0.3) is 17.3 Å². The smallest absolute Gasteiger partial charge is 0.244 e. The summed E-state index contributed by atoms with van der Waals surface area (Å²) in [5, 5.41) is 2.79. The van der Waals surface area contributed by atoms with Crippen LogP contribution >= 0.6 is 0 Å². The summed E-state index contributed by atoms with van der Waals surface area (Å²) in [6, 6.07) is 9.22. The zero-order chi connectivity index (χ0) is 15.2. The molecule has 3 rings (SSSR count). The monoisotopic (exact) mass is 294 g/mol. The molecule has 0 fully saturated rings. The number of rotatable bonds is 5. The Labute approximate surface area is 127 Å². The number of nitrogens with zero attached hydrogens (tertiary/aromatic N) is 1. The average Bonchev–Trinajstić information content (AvgIpc) is 3.24. The summed E-state index contributed by atoms with van der Waals surface area (Å²) in [7, 11) is 0. The lowest BCUT2D eigenvalue weighted by Gasteiger charge is -2.03. The molecule has 0 saturated carbocycles. The summed E-state index contributed by atoms with van der Waals surface area (Å²) < 4.78 is 10.1. The lowest BCUT2D eigenvalue weighted by atomic mass is 10.2. The van der Waals surface area contributed by atoms with Gasteiger partial charge in [0.05, 0.1) is 24.5 Å². The zero-order valence-corrected chi connectivity index (χ0v) is 11.7. The van der Waals surface area contributed by atoms with Crippen LogP contribution in [-0.4, -0.2) is 10.9 Å². The number of hydrogen-bond acceptors (Lipinski definition) is 4. The summed E-state index contributed by atoms with van der Waals surface area (Å²) in [4.78, 5) is 16.0. The maximum atomic E-state index is 11.7. The molecule has 22 heavy (non-hydrogen) atoms. The SMILES string of the molecule is O=C(/C=C/c1ccco1)NCc1ccc(-c2ccoc2)nc1. The van der Waals surface area contributed by atoms with Gasteiger partial charge >= 0.3 is 0 Å². The summed E-state index contributed by atoms with van der Waals surface area (Å²) in [5.74, 6) is 0.455. The highest BCUT2D eigenvalue weighted by Crippen LogP contribution is 2.16. The molecule has 3 aromatic heterocycles. The summed E-state index contributed by atoms with van der Waals surface area (Å²) in [6.07, 6.45) is 9.60. The molecule has 0 saturated heterocycles. The van der Waals surface area contributed by atoms with E-state index in [9.17, 15) is 4.79 Å². The van der Waals surface area contributed by atoms with Gasteiger partial charge in [0.2, 0.25) is 5.91 Å². The molecule has 0 radical (unpaired) electrons. The van der Waals surface area contributed by atoms with Crippen molar-refractivity contribution in [3.8, 4) is 11.3 Å². The molecule has 5 heteroatoms. The van der Waals surface area contributed by atoms with E-state index in [-0.39, 0.29) is 5.91 Å². The second-order valence-corrected chi connectivity index (χ2v) is 4.63. The molecule has 3 heterocycles. The molecule has 0 atom stereocenters. The van der Waals surface area contributed by atoms with Crippen LogP contribution in [0.1, 0.15) is 11.3 Å². The van der Waals surface area contributed by atoms with E-state index in [0.717, 1.165) is 16.8 Å². The van der Waals surface area contributed by atoms with E-state index in [1.165, 1.54) is 6.08 Å². The van der Waals surface area contributed by atoms with Crippen LogP contribution in [0, 0.1) is 0 Å². The summed E-state index contributed by atoms with van der Waals surface area (Å²) in [6.45, 7) is 0.417. The predicted octanol–water partition coefficient (Wildman–Crippen LogP) is 3.26. The van der Waals surface area contributed by atoms with Crippen LogP contribution in [0.5, 0.6) is 0 Å². The van der Waals surface area contributed by atoms with Crippen LogP contribution in [0.2, 0.25) is 0 Å². The van der Waals surface area contributed by atoms with Gasteiger partial charge in [-0.05, 0) is 35.9 Å². The van der Waals surface area contributed by atoms with Crippen molar-refractivity contribution in [1.82, 2.24) is 10.3 Å². The first kappa shape index (κ1) is 13.9. The number of carbonyl (C=O) groups excluding carboxylic acids is 1. The molecule has 110 valence electrons. The quantitative estimate of drug-likeness (QED) is 0.733. The van der Waals surface area contributed by atoms with Gasteiger partial charge in [-0.25, -0.2) is 0 Å². The molecule has 0 aliphatic carbocycles. The fourth-order valence-corrected chi connectivity index (χ4v) is 1.90. The van der Waals surface area contributed by atoms with Crippen LogP contribution in [0.3, 0.4) is 0 Å². The molecule has 3 aromatic rings. The molecular formula is C17H14N2O3. The molecule has 1 amide bonds. The molecule has 0 spiro atoms. The van der Waals surface area contributed by atoms with E-state index in [1.807, 2.05) is 18.2 Å². The minimum absolute atomic E-state index is 0.185. The van der Waals surface area contributed by atoms with Crippen molar-refractivity contribution in [3.63, 3.8) is 0 Å². The number of aromatic nitrogens is 1. The molecular weight excluding hydrogens is 280 g/mol. The Bertz CT molecular complexity index is 742. The highest BCUT2D eigenvalue weighted by molar-refractivity contribution is 5.91. The highest BCUT2D eigenvalue weighted by atomic mass is 16.3. The average molecular weight is 294 g/mol. The molecule has 1 N–H and O–H groups in total. The highest BCUT2D eigenvalue weighted by Gasteiger charge is 2.02. The Kier molecular flexibility index (Phi) is 4.15. The minimum Gasteiger partial charge on any atom is -0.472 e. The van der Waals surface area contributed by atoms with Crippen molar-refractivity contribution < 1.29 is 13.6 Å². The topological polar surface area (TPSA) is 68.3 Å². The van der Waals surface area contributed by atoms with Gasteiger partial charge in [0.25, 0.3) is 0 Å². The van der Waals surface area contributed by atoms with E-state index >= 15 is 0 Å². The van der Waals surface area contributed by atoms with Crippen LogP contribution in [0.15, 0.2) is 70.2 Å². The second-order valence-electron chi connectivity index (χ2n) is 4.63. The first-order chi connectivity index (χ1) is 10.8. The van der Waals surface area contributed by atoms with Gasteiger partial charge in [-0.2, -0.15) is 0 Å². The third kappa shape index (κ3) is 3.52. The number of hydrogen-bond donors (Lipinski definition) is 1. The summed E-state index contributed by atoms with van der Waals surface area (Å²) in [5.41, 5.74) is 2.69. The van der Waals surface area contributed by atoms with Gasteiger partial charge < -0.3 is 14.2 Å². The van der Waals surface area contributed by atoms with Crippen LogP contribution in [-0.2, 0) is 11.3 Å². The normalized spacial score (nSPS) is 10.9. The predicted molar refractivity (Wildman–Crippen MR) is 81.5 cm³/mol. The first-order valence-corrected chi connectivity index (χ1v) is 6.78. The van der Waals surface area contributed by atoms with Gasteiger partial charge in [0.1, 0.15) is 5.76 Å². The molecule has 0 aliphatic heterocycles. The molecule has 0 aliphatic rings. The zero-order valence-electron chi connectivity index (χ0n) is 11.7. The Morgan fingerprint density at radius 1 is 1.23 bits per heavy atom. The van der Waals surface area contributed by atoms with E-state index in [0.29, 0.717) is 12.3 Å². The Morgan fingerprint density at radius 2 is 2.18 bits per heavy atom. The van der Waals surface area contributed by atoms with Crippen molar-refractivity contribution in [2.24, 2.45) is 0 Å². The lowest BCUT2D eigenvalue weighted by molar-refractivity contribution is -0.116. The maximum absolute atomic E-state index is 11.7. The van der Waals surface area contributed by atoms with E-state index < -0.39 is 0 Å². The van der Waals surface area contributed by atoms with E-state index in [2.05, 4.69) is 10.3 Å². The van der Waals surface area contributed by atoms with Gasteiger partial charge in [-0.1, -0.05) is 6.07 Å². The third-order valence-electron chi connectivity index (χ3n) is 3.05. The Balaban J connectivity index is 1.54. The maximum Gasteiger partial charge on any atom is 0.244 e. The van der Waals surface area contributed by atoms with Crippen molar-refractivity contribution in [2.75, 3.05) is 0 Å². The lowest BCUT2D eigenvalue weighted by Crippen LogP contribution is -2.20. The third-order valence-corrected chi connectivity index (χ3v) is 3.05.